The fourth-order valence-electron chi connectivity index (χ4n) is 2.58. The molecule has 3 aromatic rings. The van der Waals surface area contributed by atoms with Crippen molar-refractivity contribution >= 4 is 22.8 Å². The second kappa shape index (κ2) is 5.15. The van der Waals surface area contributed by atoms with Gasteiger partial charge in [-0.3, -0.25) is 4.68 Å². The Morgan fingerprint density at radius 2 is 1.95 bits per heavy atom. The minimum atomic E-state index is -0.239. The number of halogens is 2. The van der Waals surface area contributed by atoms with Crippen molar-refractivity contribution in [2.75, 3.05) is 0 Å². The van der Waals surface area contributed by atoms with Crippen molar-refractivity contribution in [2.45, 2.75) is 25.8 Å². The minimum Gasteiger partial charge on any atom is -0.307 e. The summed E-state index contributed by atoms with van der Waals surface area (Å²) in [6.07, 6.45) is 0. The van der Waals surface area contributed by atoms with Crippen molar-refractivity contribution in [2.24, 2.45) is 7.05 Å². The number of rotatable bonds is 3. The predicted octanol–water partition coefficient (Wildman–Crippen LogP) is 3.57. The number of aromatic nitrogens is 4. The number of hydrogen-bond donors (Lipinski definition) is 0. The van der Waals surface area contributed by atoms with Crippen molar-refractivity contribution in [1.82, 2.24) is 19.3 Å². The van der Waals surface area contributed by atoms with Gasteiger partial charge in [0.05, 0.1) is 17.6 Å². The smallest absolute Gasteiger partial charge is 0.159 e. The van der Waals surface area contributed by atoms with Crippen LogP contribution in [-0.2, 0) is 13.6 Å². The van der Waals surface area contributed by atoms with Crippen LogP contribution in [0.2, 0.25) is 0 Å². The SMILES string of the molecule is Cc1nn(C)c2c1nc(C(C)Cl)n2Cc1ccc(F)cc1. The van der Waals surface area contributed by atoms with E-state index in [2.05, 4.69) is 10.1 Å². The molecule has 0 spiro atoms. The van der Waals surface area contributed by atoms with Gasteiger partial charge >= 0.3 is 0 Å². The highest BCUT2D eigenvalue weighted by molar-refractivity contribution is 6.20. The number of fused-ring (bicyclic) bond motifs is 1. The lowest BCUT2D eigenvalue weighted by atomic mass is 10.2. The molecule has 4 nitrogen and oxygen atoms in total. The number of imidazole rings is 1. The summed E-state index contributed by atoms with van der Waals surface area (Å²) in [5.41, 5.74) is 3.67. The first kappa shape index (κ1) is 14.1. The Balaban J connectivity index is 2.14. The molecule has 0 bridgehead atoms. The van der Waals surface area contributed by atoms with Gasteiger partial charge in [-0.25, -0.2) is 9.37 Å². The van der Waals surface area contributed by atoms with Crippen LogP contribution in [-0.4, -0.2) is 19.3 Å². The summed E-state index contributed by atoms with van der Waals surface area (Å²) in [5, 5.41) is 4.19. The zero-order valence-corrected chi connectivity index (χ0v) is 12.9. The Morgan fingerprint density at radius 3 is 2.57 bits per heavy atom. The highest BCUT2D eigenvalue weighted by atomic mass is 35.5. The molecular weight excluding hydrogens is 291 g/mol. The molecule has 110 valence electrons. The third kappa shape index (κ3) is 2.42. The predicted molar refractivity (Wildman–Crippen MR) is 81.0 cm³/mol. The molecule has 0 saturated carbocycles. The molecular formula is C15H16ClFN4. The average Bonchev–Trinajstić information content (AvgIpc) is 2.93. The maximum absolute atomic E-state index is 13.0. The Kier molecular flexibility index (Phi) is 3.45. The molecule has 0 radical (unpaired) electrons. The van der Waals surface area contributed by atoms with Crippen LogP contribution in [0.3, 0.4) is 0 Å². The zero-order valence-electron chi connectivity index (χ0n) is 12.1. The largest absolute Gasteiger partial charge is 0.307 e. The van der Waals surface area contributed by atoms with E-state index in [9.17, 15) is 4.39 Å². The number of benzene rings is 1. The van der Waals surface area contributed by atoms with Crippen LogP contribution in [0, 0.1) is 12.7 Å². The topological polar surface area (TPSA) is 35.6 Å². The molecule has 2 aromatic heterocycles. The Hall–Kier alpha value is -1.88. The monoisotopic (exact) mass is 306 g/mol. The fraction of sp³-hybridized carbons (Fsp3) is 0.333. The van der Waals surface area contributed by atoms with E-state index in [4.69, 9.17) is 11.6 Å². The molecule has 1 aromatic carbocycles. The van der Waals surface area contributed by atoms with E-state index in [1.54, 1.807) is 12.1 Å². The Labute approximate surface area is 127 Å². The van der Waals surface area contributed by atoms with Crippen LogP contribution in [0.1, 0.15) is 29.4 Å². The molecule has 1 atom stereocenters. The summed E-state index contributed by atoms with van der Waals surface area (Å²) >= 11 is 6.26. The Morgan fingerprint density at radius 1 is 1.29 bits per heavy atom. The summed E-state index contributed by atoms with van der Waals surface area (Å²) in [7, 11) is 1.89. The Bertz CT molecular complexity index is 786. The minimum absolute atomic E-state index is 0.211. The van der Waals surface area contributed by atoms with Gasteiger partial charge in [0.1, 0.15) is 17.2 Å². The number of nitrogens with zero attached hydrogens (tertiary/aromatic N) is 4. The van der Waals surface area contributed by atoms with E-state index in [1.807, 2.05) is 30.1 Å². The highest BCUT2D eigenvalue weighted by Gasteiger charge is 2.20. The second-order valence-corrected chi connectivity index (χ2v) is 5.83. The maximum atomic E-state index is 13.0. The summed E-state index contributed by atoms with van der Waals surface area (Å²) in [6, 6.07) is 6.46. The second-order valence-electron chi connectivity index (χ2n) is 5.18. The molecule has 3 rings (SSSR count). The first-order valence-corrected chi connectivity index (χ1v) is 7.19. The van der Waals surface area contributed by atoms with Gasteiger partial charge in [-0.2, -0.15) is 5.10 Å². The molecule has 0 N–H and O–H groups in total. The molecule has 1 unspecified atom stereocenters. The van der Waals surface area contributed by atoms with Crippen LogP contribution >= 0.6 is 11.6 Å². The van der Waals surface area contributed by atoms with Crippen LogP contribution in [0.15, 0.2) is 24.3 Å². The van der Waals surface area contributed by atoms with Gasteiger partial charge in [0.15, 0.2) is 5.65 Å². The van der Waals surface area contributed by atoms with E-state index in [-0.39, 0.29) is 11.2 Å². The van der Waals surface area contributed by atoms with Crippen molar-refractivity contribution in [1.29, 1.82) is 0 Å². The molecule has 0 fully saturated rings. The normalized spacial score (nSPS) is 13.0. The number of hydrogen-bond acceptors (Lipinski definition) is 2. The van der Waals surface area contributed by atoms with Crippen LogP contribution in [0.25, 0.3) is 11.2 Å². The summed E-state index contributed by atoms with van der Waals surface area (Å²) in [4.78, 5) is 4.62. The lowest BCUT2D eigenvalue weighted by Gasteiger charge is -2.11. The average molecular weight is 307 g/mol. The molecule has 0 aliphatic heterocycles. The third-order valence-corrected chi connectivity index (χ3v) is 3.72. The van der Waals surface area contributed by atoms with Crippen molar-refractivity contribution in [3.63, 3.8) is 0 Å². The molecule has 2 heterocycles. The van der Waals surface area contributed by atoms with Gasteiger partial charge in [-0.15, -0.1) is 11.6 Å². The highest BCUT2D eigenvalue weighted by Crippen LogP contribution is 2.26. The lowest BCUT2D eigenvalue weighted by molar-refractivity contribution is 0.625. The quantitative estimate of drug-likeness (QED) is 0.694. The lowest BCUT2D eigenvalue weighted by Crippen LogP contribution is -2.09. The van der Waals surface area contributed by atoms with Gasteiger partial charge < -0.3 is 4.57 Å². The molecule has 0 amide bonds. The van der Waals surface area contributed by atoms with Gasteiger partial charge in [0.25, 0.3) is 0 Å². The van der Waals surface area contributed by atoms with Gasteiger partial charge in [-0.05, 0) is 31.5 Å². The summed E-state index contributed by atoms with van der Waals surface area (Å²) < 4.78 is 16.9. The zero-order chi connectivity index (χ0) is 15.1. The number of alkyl halides is 1. The molecule has 0 aliphatic rings. The maximum Gasteiger partial charge on any atom is 0.159 e. The van der Waals surface area contributed by atoms with Gasteiger partial charge in [0.2, 0.25) is 0 Å². The van der Waals surface area contributed by atoms with Gasteiger partial charge in [0, 0.05) is 7.05 Å². The van der Waals surface area contributed by atoms with Crippen LogP contribution < -0.4 is 0 Å². The first-order chi connectivity index (χ1) is 9.97. The van der Waals surface area contributed by atoms with Crippen molar-refractivity contribution < 1.29 is 4.39 Å². The summed E-state index contributed by atoms with van der Waals surface area (Å²) in [6.45, 7) is 4.41. The fourth-order valence-corrected chi connectivity index (χ4v) is 2.75. The van der Waals surface area contributed by atoms with Crippen molar-refractivity contribution in [3.8, 4) is 0 Å². The van der Waals surface area contributed by atoms with Crippen molar-refractivity contribution in [3.05, 3.63) is 47.2 Å². The van der Waals surface area contributed by atoms with Crippen LogP contribution in [0.5, 0.6) is 0 Å². The molecule has 0 aliphatic carbocycles. The van der Waals surface area contributed by atoms with E-state index in [0.29, 0.717) is 6.54 Å². The first-order valence-electron chi connectivity index (χ1n) is 6.75. The molecule has 6 heteroatoms. The standard InChI is InChI=1S/C15H16ClFN4/c1-9(16)14-18-13-10(2)19-20(3)15(13)21(14)8-11-4-6-12(17)7-5-11/h4-7,9H,8H2,1-3H3. The molecule has 21 heavy (non-hydrogen) atoms. The van der Waals surface area contributed by atoms with Crippen LogP contribution in [0.4, 0.5) is 4.39 Å². The van der Waals surface area contributed by atoms with E-state index >= 15 is 0 Å². The number of aryl methyl sites for hydroxylation is 2. The van der Waals surface area contributed by atoms with Gasteiger partial charge in [-0.1, -0.05) is 12.1 Å². The van der Waals surface area contributed by atoms with E-state index < -0.39 is 0 Å². The molecule has 0 saturated heterocycles. The van der Waals surface area contributed by atoms with E-state index in [1.165, 1.54) is 12.1 Å². The summed E-state index contributed by atoms with van der Waals surface area (Å²) in [5.74, 6) is 0.559. The third-order valence-electron chi connectivity index (χ3n) is 3.53. The van der Waals surface area contributed by atoms with E-state index in [0.717, 1.165) is 28.2 Å².